The molecule has 0 saturated carbocycles. The minimum Gasteiger partial charge on any atom is -0.310 e. The number of fused-ring (bicyclic) bond motifs is 1. The number of para-hydroxylation sites is 1. The first-order chi connectivity index (χ1) is 12.3. The minimum absolute atomic E-state index is 0.696. The fraction of sp³-hybridized carbons (Fsp3) is 0.174. The number of hydrogen-bond acceptors (Lipinski definition) is 2. The van der Waals surface area contributed by atoms with Gasteiger partial charge in [-0.2, -0.15) is 0 Å². The number of aldehydes is 1. The lowest BCUT2D eigenvalue weighted by Crippen LogP contribution is -2.11. The van der Waals surface area contributed by atoms with Gasteiger partial charge in [0.05, 0.1) is 0 Å². The number of anilines is 3. The molecule has 124 valence electrons. The van der Waals surface area contributed by atoms with Crippen LogP contribution in [-0.4, -0.2) is 6.29 Å². The molecule has 0 spiro atoms. The molecule has 0 heterocycles. The van der Waals surface area contributed by atoms with Gasteiger partial charge in [-0.3, -0.25) is 4.79 Å². The van der Waals surface area contributed by atoms with Gasteiger partial charge in [0.1, 0.15) is 6.29 Å². The van der Waals surface area contributed by atoms with Crippen molar-refractivity contribution in [1.29, 1.82) is 0 Å². The van der Waals surface area contributed by atoms with Crippen LogP contribution >= 0.6 is 0 Å². The van der Waals surface area contributed by atoms with Gasteiger partial charge < -0.3 is 4.90 Å². The molecule has 0 radical (unpaired) electrons. The maximum absolute atomic E-state index is 11.0. The number of carbonyl (C=O) groups is 1. The molecule has 25 heavy (non-hydrogen) atoms. The van der Waals surface area contributed by atoms with Gasteiger partial charge >= 0.3 is 0 Å². The van der Waals surface area contributed by atoms with Crippen LogP contribution in [0.15, 0.2) is 72.8 Å². The van der Waals surface area contributed by atoms with Crippen molar-refractivity contribution in [2.75, 3.05) is 4.90 Å². The first-order valence-electron chi connectivity index (χ1n) is 8.87. The average Bonchev–Trinajstić information content (AvgIpc) is 2.69. The van der Waals surface area contributed by atoms with Crippen LogP contribution in [0, 0.1) is 0 Å². The van der Waals surface area contributed by atoms with E-state index < -0.39 is 0 Å². The number of hydrogen-bond donors (Lipinski definition) is 0. The maximum atomic E-state index is 11.0. The zero-order chi connectivity index (χ0) is 17.1. The van der Waals surface area contributed by atoms with Gasteiger partial charge in [0.2, 0.25) is 0 Å². The Morgan fingerprint density at radius 3 is 2.04 bits per heavy atom. The predicted octanol–water partition coefficient (Wildman–Crippen LogP) is 5.85. The smallest absolute Gasteiger partial charge is 0.150 e. The van der Waals surface area contributed by atoms with Gasteiger partial charge in [0.15, 0.2) is 0 Å². The topological polar surface area (TPSA) is 20.3 Å². The molecule has 0 aliphatic heterocycles. The molecule has 0 bridgehead atoms. The summed E-state index contributed by atoms with van der Waals surface area (Å²) in [6.07, 6.45) is 5.80. The molecule has 0 saturated heterocycles. The Bertz CT molecular complexity index is 868. The van der Waals surface area contributed by atoms with Gasteiger partial charge in [-0.05, 0) is 85.3 Å². The van der Waals surface area contributed by atoms with Crippen LogP contribution in [0.2, 0.25) is 0 Å². The molecule has 0 aromatic heterocycles. The maximum Gasteiger partial charge on any atom is 0.150 e. The molecule has 3 aromatic rings. The zero-order valence-electron chi connectivity index (χ0n) is 14.2. The van der Waals surface area contributed by atoms with E-state index in [2.05, 4.69) is 47.4 Å². The third-order valence-corrected chi connectivity index (χ3v) is 4.89. The molecule has 3 aromatic carbocycles. The van der Waals surface area contributed by atoms with Crippen LogP contribution in [-0.2, 0) is 12.8 Å². The summed E-state index contributed by atoms with van der Waals surface area (Å²) in [6, 6.07) is 25.0. The largest absolute Gasteiger partial charge is 0.310 e. The minimum atomic E-state index is 0.696. The van der Waals surface area contributed by atoms with E-state index in [1.807, 2.05) is 30.3 Å². The van der Waals surface area contributed by atoms with Crippen molar-refractivity contribution >= 4 is 23.3 Å². The van der Waals surface area contributed by atoms with Crippen LogP contribution in [0.3, 0.4) is 0 Å². The lowest BCUT2D eigenvalue weighted by Gasteiger charge is -2.27. The van der Waals surface area contributed by atoms with Crippen molar-refractivity contribution in [3.05, 3.63) is 89.5 Å². The SMILES string of the molecule is O=Cc1ccc(N(c2ccccc2)c2ccc3c(c2)CCCC3)cc1. The van der Waals surface area contributed by atoms with Crippen molar-refractivity contribution in [3.63, 3.8) is 0 Å². The first-order valence-corrected chi connectivity index (χ1v) is 8.87. The molecule has 0 N–H and O–H groups in total. The number of aryl methyl sites for hydroxylation is 2. The summed E-state index contributed by atoms with van der Waals surface area (Å²) in [6.45, 7) is 0. The highest BCUT2D eigenvalue weighted by Gasteiger charge is 2.15. The van der Waals surface area contributed by atoms with E-state index in [1.165, 1.54) is 36.1 Å². The van der Waals surface area contributed by atoms with E-state index in [4.69, 9.17) is 0 Å². The summed E-state index contributed by atoms with van der Waals surface area (Å²) >= 11 is 0. The van der Waals surface area contributed by atoms with E-state index in [0.717, 1.165) is 24.1 Å². The molecule has 0 unspecified atom stereocenters. The molecule has 2 nitrogen and oxygen atoms in total. The molecule has 0 fully saturated rings. The Kier molecular flexibility index (Phi) is 4.34. The van der Waals surface area contributed by atoms with E-state index in [1.54, 1.807) is 0 Å². The second-order valence-corrected chi connectivity index (χ2v) is 6.54. The van der Waals surface area contributed by atoms with Gasteiger partial charge in [-0.15, -0.1) is 0 Å². The highest BCUT2D eigenvalue weighted by atomic mass is 16.1. The summed E-state index contributed by atoms with van der Waals surface area (Å²) in [5.41, 5.74) is 7.01. The molecule has 1 aliphatic rings. The van der Waals surface area contributed by atoms with Gasteiger partial charge in [0, 0.05) is 22.6 Å². The van der Waals surface area contributed by atoms with Crippen molar-refractivity contribution in [2.45, 2.75) is 25.7 Å². The Balaban J connectivity index is 1.81. The molecular weight excluding hydrogens is 306 g/mol. The lowest BCUT2D eigenvalue weighted by molar-refractivity contribution is 0.112. The van der Waals surface area contributed by atoms with Crippen LogP contribution < -0.4 is 4.90 Å². The Morgan fingerprint density at radius 1 is 0.680 bits per heavy atom. The molecular formula is C23H21NO. The molecule has 1 aliphatic carbocycles. The fourth-order valence-corrected chi connectivity index (χ4v) is 3.59. The summed E-state index contributed by atoms with van der Waals surface area (Å²) in [5.74, 6) is 0. The number of benzene rings is 3. The van der Waals surface area contributed by atoms with Gasteiger partial charge in [-0.1, -0.05) is 24.3 Å². The van der Waals surface area contributed by atoms with Crippen LogP contribution in [0.4, 0.5) is 17.1 Å². The summed E-state index contributed by atoms with van der Waals surface area (Å²) < 4.78 is 0. The van der Waals surface area contributed by atoms with Gasteiger partial charge in [-0.25, -0.2) is 0 Å². The van der Waals surface area contributed by atoms with E-state index in [0.29, 0.717) is 5.56 Å². The van der Waals surface area contributed by atoms with Crippen molar-refractivity contribution in [2.24, 2.45) is 0 Å². The highest BCUT2D eigenvalue weighted by Crippen LogP contribution is 2.36. The summed E-state index contributed by atoms with van der Waals surface area (Å²) in [5, 5.41) is 0. The molecule has 4 rings (SSSR count). The third kappa shape index (κ3) is 3.20. The Morgan fingerprint density at radius 2 is 1.32 bits per heavy atom. The normalized spacial score (nSPS) is 13.1. The summed E-state index contributed by atoms with van der Waals surface area (Å²) in [4.78, 5) is 13.2. The van der Waals surface area contributed by atoms with Crippen LogP contribution in [0.25, 0.3) is 0 Å². The molecule has 2 heteroatoms. The standard InChI is InChI=1S/C23H21NO/c25-17-18-10-13-22(14-11-18)24(21-8-2-1-3-9-21)23-15-12-19-6-4-5-7-20(19)16-23/h1-3,8-17H,4-7H2. The van der Waals surface area contributed by atoms with Crippen LogP contribution in [0.1, 0.15) is 34.3 Å². The highest BCUT2D eigenvalue weighted by molar-refractivity contribution is 5.80. The predicted molar refractivity (Wildman–Crippen MR) is 103 cm³/mol. The second-order valence-electron chi connectivity index (χ2n) is 6.54. The Hall–Kier alpha value is -2.87. The van der Waals surface area contributed by atoms with Crippen molar-refractivity contribution in [1.82, 2.24) is 0 Å². The average molecular weight is 327 g/mol. The Labute approximate surface area is 148 Å². The number of carbonyl (C=O) groups excluding carboxylic acids is 1. The van der Waals surface area contributed by atoms with E-state index >= 15 is 0 Å². The van der Waals surface area contributed by atoms with E-state index in [-0.39, 0.29) is 0 Å². The van der Waals surface area contributed by atoms with Crippen molar-refractivity contribution in [3.8, 4) is 0 Å². The first kappa shape index (κ1) is 15.6. The fourth-order valence-electron chi connectivity index (χ4n) is 3.59. The second kappa shape index (κ2) is 6.94. The van der Waals surface area contributed by atoms with Crippen LogP contribution in [0.5, 0.6) is 0 Å². The lowest BCUT2D eigenvalue weighted by atomic mass is 9.91. The number of rotatable bonds is 4. The number of nitrogens with zero attached hydrogens (tertiary/aromatic N) is 1. The van der Waals surface area contributed by atoms with E-state index in [9.17, 15) is 4.79 Å². The quantitative estimate of drug-likeness (QED) is 0.560. The molecule has 0 amide bonds. The summed E-state index contributed by atoms with van der Waals surface area (Å²) in [7, 11) is 0. The third-order valence-electron chi connectivity index (χ3n) is 4.89. The van der Waals surface area contributed by atoms with Crippen molar-refractivity contribution < 1.29 is 4.79 Å². The zero-order valence-corrected chi connectivity index (χ0v) is 14.2. The van der Waals surface area contributed by atoms with Gasteiger partial charge in [0.25, 0.3) is 0 Å². The monoisotopic (exact) mass is 327 g/mol. The molecule has 0 atom stereocenters.